The van der Waals surface area contributed by atoms with Crippen molar-refractivity contribution in [2.75, 3.05) is 19.5 Å². The molecule has 2 aromatic rings. The SMILES string of the molecule is CCOc1c(F)cc(-n2cc(C#N)c(N)c2C(=O)OC)cc1Cl. The van der Waals surface area contributed by atoms with Gasteiger partial charge in [0, 0.05) is 12.3 Å². The third kappa shape index (κ3) is 2.94. The number of ether oxygens (including phenoxy) is 2. The molecule has 0 spiro atoms. The first-order chi connectivity index (χ1) is 10.9. The van der Waals surface area contributed by atoms with Crippen LogP contribution in [0.2, 0.25) is 5.02 Å². The topological polar surface area (TPSA) is 90.3 Å². The van der Waals surface area contributed by atoms with Crippen molar-refractivity contribution in [2.45, 2.75) is 6.92 Å². The molecule has 0 atom stereocenters. The van der Waals surface area contributed by atoms with Crippen molar-refractivity contribution in [1.82, 2.24) is 4.57 Å². The van der Waals surface area contributed by atoms with Crippen LogP contribution in [0.4, 0.5) is 10.1 Å². The minimum absolute atomic E-state index is 0.0310. The van der Waals surface area contributed by atoms with Crippen LogP contribution in [-0.4, -0.2) is 24.3 Å². The van der Waals surface area contributed by atoms with Crippen molar-refractivity contribution in [2.24, 2.45) is 0 Å². The lowest BCUT2D eigenvalue weighted by atomic mass is 10.2. The highest BCUT2D eigenvalue weighted by molar-refractivity contribution is 6.32. The molecule has 0 saturated carbocycles. The first-order valence-corrected chi connectivity index (χ1v) is 6.93. The highest BCUT2D eigenvalue weighted by Gasteiger charge is 2.23. The fourth-order valence-corrected chi connectivity index (χ4v) is 2.34. The van der Waals surface area contributed by atoms with E-state index in [2.05, 4.69) is 4.74 Å². The molecule has 120 valence electrons. The van der Waals surface area contributed by atoms with Crippen LogP contribution in [0, 0.1) is 17.1 Å². The zero-order chi connectivity index (χ0) is 17.1. The zero-order valence-corrected chi connectivity index (χ0v) is 13.1. The van der Waals surface area contributed by atoms with E-state index in [1.54, 1.807) is 6.92 Å². The third-order valence-corrected chi connectivity index (χ3v) is 3.37. The summed E-state index contributed by atoms with van der Waals surface area (Å²) in [7, 11) is 1.18. The number of benzene rings is 1. The molecule has 0 fully saturated rings. The minimum atomic E-state index is -0.755. The van der Waals surface area contributed by atoms with Gasteiger partial charge in [-0.1, -0.05) is 11.6 Å². The number of esters is 1. The molecule has 0 saturated heterocycles. The predicted octanol–water partition coefficient (Wildman–Crippen LogP) is 2.91. The number of hydrogen-bond donors (Lipinski definition) is 1. The van der Waals surface area contributed by atoms with E-state index >= 15 is 0 Å². The van der Waals surface area contributed by atoms with Gasteiger partial charge < -0.3 is 19.8 Å². The van der Waals surface area contributed by atoms with E-state index in [-0.39, 0.29) is 40.0 Å². The average Bonchev–Trinajstić information content (AvgIpc) is 2.86. The molecule has 0 aliphatic heterocycles. The molecule has 0 radical (unpaired) electrons. The molecular weight excluding hydrogens is 325 g/mol. The van der Waals surface area contributed by atoms with Crippen molar-refractivity contribution in [3.8, 4) is 17.5 Å². The summed E-state index contributed by atoms with van der Waals surface area (Å²) < 4.78 is 25.2. The van der Waals surface area contributed by atoms with Gasteiger partial charge in [0.2, 0.25) is 0 Å². The number of nitrogens with zero attached hydrogens (tertiary/aromatic N) is 2. The third-order valence-electron chi connectivity index (χ3n) is 3.09. The van der Waals surface area contributed by atoms with Crippen LogP contribution >= 0.6 is 11.6 Å². The Kier molecular flexibility index (Phi) is 4.77. The number of anilines is 1. The highest BCUT2D eigenvalue weighted by atomic mass is 35.5. The summed E-state index contributed by atoms with van der Waals surface area (Å²) in [4.78, 5) is 11.9. The van der Waals surface area contributed by atoms with Crippen molar-refractivity contribution < 1.29 is 18.7 Å². The number of nitrogens with two attached hydrogens (primary N) is 1. The first kappa shape index (κ1) is 16.6. The highest BCUT2D eigenvalue weighted by Crippen LogP contribution is 2.33. The van der Waals surface area contributed by atoms with Gasteiger partial charge in [-0.3, -0.25) is 0 Å². The summed E-state index contributed by atoms with van der Waals surface area (Å²) >= 11 is 6.02. The van der Waals surface area contributed by atoms with E-state index in [0.29, 0.717) is 0 Å². The lowest BCUT2D eigenvalue weighted by Crippen LogP contribution is -2.11. The van der Waals surface area contributed by atoms with Gasteiger partial charge in [-0.15, -0.1) is 0 Å². The maximum atomic E-state index is 14.2. The second-order valence-corrected chi connectivity index (χ2v) is 4.86. The summed E-state index contributed by atoms with van der Waals surface area (Å²) in [6.45, 7) is 1.95. The summed E-state index contributed by atoms with van der Waals surface area (Å²) in [5.41, 5.74) is 5.93. The summed E-state index contributed by atoms with van der Waals surface area (Å²) in [5, 5.41) is 9.10. The van der Waals surface area contributed by atoms with Crippen LogP contribution in [0.5, 0.6) is 5.75 Å². The molecule has 1 aromatic carbocycles. The van der Waals surface area contributed by atoms with E-state index in [1.165, 1.54) is 23.9 Å². The molecule has 0 unspecified atom stereocenters. The summed E-state index contributed by atoms with van der Waals surface area (Å²) in [6.07, 6.45) is 1.31. The quantitative estimate of drug-likeness (QED) is 0.866. The van der Waals surface area contributed by atoms with E-state index in [0.717, 1.165) is 6.07 Å². The van der Waals surface area contributed by atoms with Crippen LogP contribution in [-0.2, 0) is 4.74 Å². The normalized spacial score (nSPS) is 10.2. The van der Waals surface area contributed by atoms with Gasteiger partial charge in [-0.2, -0.15) is 5.26 Å². The molecule has 2 N–H and O–H groups in total. The minimum Gasteiger partial charge on any atom is -0.489 e. The zero-order valence-electron chi connectivity index (χ0n) is 12.4. The number of nitriles is 1. The lowest BCUT2D eigenvalue weighted by molar-refractivity contribution is 0.0593. The van der Waals surface area contributed by atoms with E-state index in [1.807, 2.05) is 6.07 Å². The Balaban J connectivity index is 2.68. The second-order valence-electron chi connectivity index (χ2n) is 4.45. The van der Waals surface area contributed by atoms with Crippen molar-refractivity contribution in [3.63, 3.8) is 0 Å². The molecule has 8 heteroatoms. The number of aromatic nitrogens is 1. The largest absolute Gasteiger partial charge is 0.489 e. The smallest absolute Gasteiger partial charge is 0.357 e. The molecule has 0 bridgehead atoms. The maximum absolute atomic E-state index is 14.2. The standard InChI is InChI=1S/C15H13ClFN3O3/c1-3-23-14-10(16)4-9(5-11(14)17)20-7-8(6-18)12(19)13(20)15(21)22-2/h4-5,7H,3,19H2,1-2H3. The van der Waals surface area contributed by atoms with Gasteiger partial charge in [-0.25, -0.2) is 9.18 Å². The number of halogens is 2. The average molecular weight is 338 g/mol. The Morgan fingerprint density at radius 1 is 1.52 bits per heavy atom. The van der Waals surface area contributed by atoms with Crippen molar-refractivity contribution in [3.05, 3.63) is 40.4 Å². The Bertz CT molecular complexity index is 788. The molecule has 1 heterocycles. The van der Waals surface area contributed by atoms with Crippen molar-refractivity contribution in [1.29, 1.82) is 5.26 Å². The molecular formula is C15H13ClFN3O3. The van der Waals surface area contributed by atoms with Gasteiger partial charge in [0.1, 0.15) is 6.07 Å². The number of methoxy groups -OCH3 is 1. The number of carbonyl (C=O) groups excluding carboxylic acids is 1. The number of carbonyl (C=O) groups is 1. The number of nitrogen functional groups attached to an aromatic ring is 1. The fourth-order valence-electron chi connectivity index (χ4n) is 2.09. The van der Waals surface area contributed by atoms with Gasteiger partial charge in [0.25, 0.3) is 0 Å². The molecule has 1 aromatic heterocycles. The van der Waals surface area contributed by atoms with Gasteiger partial charge in [-0.05, 0) is 13.0 Å². The van der Waals surface area contributed by atoms with Crippen LogP contribution < -0.4 is 10.5 Å². The predicted molar refractivity (Wildman–Crippen MR) is 82.4 cm³/mol. The Hall–Kier alpha value is -2.72. The summed E-state index contributed by atoms with van der Waals surface area (Å²) in [5.74, 6) is -1.54. The number of hydrogen-bond acceptors (Lipinski definition) is 5. The first-order valence-electron chi connectivity index (χ1n) is 6.56. The summed E-state index contributed by atoms with van der Waals surface area (Å²) in [6, 6.07) is 4.39. The molecule has 23 heavy (non-hydrogen) atoms. The van der Waals surface area contributed by atoms with Gasteiger partial charge in [0.15, 0.2) is 17.3 Å². The molecule has 0 aliphatic carbocycles. The molecule has 0 aliphatic rings. The Morgan fingerprint density at radius 2 is 2.22 bits per heavy atom. The molecule has 6 nitrogen and oxygen atoms in total. The van der Waals surface area contributed by atoms with Gasteiger partial charge in [0.05, 0.1) is 35.7 Å². The molecule has 0 amide bonds. The maximum Gasteiger partial charge on any atom is 0.357 e. The Morgan fingerprint density at radius 3 is 2.74 bits per heavy atom. The second kappa shape index (κ2) is 6.58. The van der Waals surface area contributed by atoms with Crippen LogP contribution in [0.1, 0.15) is 23.0 Å². The van der Waals surface area contributed by atoms with Crippen LogP contribution in [0.15, 0.2) is 18.3 Å². The molecule has 2 rings (SSSR count). The van der Waals surface area contributed by atoms with Crippen LogP contribution in [0.3, 0.4) is 0 Å². The van der Waals surface area contributed by atoms with E-state index in [4.69, 9.17) is 27.3 Å². The van der Waals surface area contributed by atoms with Crippen molar-refractivity contribution >= 4 is 23.3 Å². The Labute approximate surface area is 136 Å². The fraction of sp³-hybridized carbons (Fsp3) is 0.200. The van der Waals surface area contributed by atoms with Crippen LogP contribution in [0.25, 0.3) is 5.69 Å². The monoisotopic (exact) mass is 337 g/mol. The lowest BCUT2D eigenvalue weighted by Gasteiger charge is -2.12. The van der Waals surface area contributed by atoms with E-state index < -0.39 is 11.8 Å². The van der Waals surface area contributed by atoms with E-state index in [9.17, 15) is 9.18 Å². The van der Waals surface area contributed by atoms with Gasteiger partial charge >= 0.3 is 5.97 Å². The number of rotatable bonds is 4.